The van der Waals surface area contributed by atoms with Crippen LogP contribution in [0.3, 0.4) is 0 Å². The Morgan fingerprint density at radius 3 is 2.00 bits per heavy atom. The Morgan fingerprint density at radius 1 is 1.05 bits per heavy atom. The van der Waals surface area contributed by atoms with Gasteiger partial charge in [0.05, 0.1) is 0 Å². The molecule has 1 rings (SSSR count). The summed E-state index contributed by atoms with van der Waals surface area (Å²) in [5, 5.41) is 0. The van der Waals surface area contributed by atoms with Crippen LogP contribution in [-0.2, 0) is 0 Å². The Balaban J connectivity index is 3.11. The van der Waals surface area contributed by atoms with E-state index in [0.29, 0.717) is 0 Å². The van der Waals surface area contributed by atoms with Gasteiger partial charge in [-0.1, -0.05) is 6.58 Å². The lowest BCUT2D eigenvalue weighted by Gasteiger charge is -2.37. The van der Waals surface area contributed by atoms with E-state index in [9.17, 15) is 39.5 Å². The molecule has 0 aromatic rings. The summed E-state index contributed by atoms with van der Waals surface area (Å²) in [5.74, 6) is 0. The van der Waals surface area contributed by atoms with Gasteiger partial charge in [0.1, 0.15) is 0 Å². The zero-order valence-electron chi connectivity index (χ0n) is 11.2. The maximum absolute atomic E-state index is 14.0. The van der Waals surface area contributed by atoms with Crippen molar-refractivity contribution in [2.45, 2.75) is 49.2 Å². The summed E-state index contributed by atoms with van der Waals surface area (Å²) in [7, 11) is 0. The standard InChI is InChI=1S/C12H14F9N/c1-2-10(15,12(19,20)21)8(13)22-6-4-3-5-9(14,7-22)11(16,17)18/h2,8H,1,3-7H2. The van der Waals surface area contributed by atoms with Crippen LogP contribution in [0.1, 0.15) is 19.3 Å². The predicted molar refractivity (Wildman–Crippen MR) is 60.3 cm³/mol. The molecule has 0 spiro atoms. The lowest BCUT2D eigenvalue weighted by Crippen LogP contribution is -2.59. The molecule has 22 heavy (non-hydrogen) atoms. The first kappa shape index (κ1) is 19.1. The van der Waals surface area contributed by atoms with E-state index in [2.05, 4.69) is 6.58 Å². The van der Waals surface area contributed by atoms with Gasteiger partial charge >= 0.3 is 12.4 Å². The zero-order valence-corrected chi connectivity index (χ0v) is 11.2. The summed E-state index contributed by atoms with van der Waals surface area (Å²) in [6.45, 7) is 0.218. The molecule has 0 amide bonds. The number of hydrogen-bond donors (Lipinski definition) is 0. The van der Waals surface area contributed by atoms with Crippen molar-refractivity contribution in [2.75, 3.05) is 13.1 Å². The van der Waals surface area contributed by atoms with Crippen LogP contribution in [0.15, 0.2) is 12.7 Å². The third kappa shape index (κ3) is 3.36. The van der Waals surface area contributed by atoms with E-state index in [1.165, 1.54) is 0 Å². The second-order valence-electron chi connectivity index (χ2n) is 5.20. The third-order valence-electron chi connectivity index (χ3n) is 3.63. The van der Waals surface area contributed by atoms with E-state index >= 15 is 0 Å². The van der Waals surface area contributed by atoms with Crippen LogP contribution in [0, 0.1) is 0 Å². The summed E-state index contributed by atoms with van der Waals surface area (Å²) in [6, 6.07) is 0. The van der Waals surface area contributed by atoms with E-state index in [1.54, 1.807) is 0 Å². The molecule has 0 radical (unpaired) electrons. The van der Waals surface area contributed by atoms with E-state index in [0.717, 1.165) is 0 Å². The minimum Gasteiger partial charge on any atom is -0.267 e. The first-order valence-electron chi connectivity index (χ1n) is 6.31. The molecule has 3 unspecified atom stereocenters. The molecule has 0 aromatic heterocycles. The molecule has 0 saturated carbocycles. The van der Waals surface area contributed by atoms with Crippen molar-refractivity contribution in [3.63, 3.8) is 0 Å². The minimum absolute atomic E-state index is 0.102. The lowest BCUT2D eigenvalue weighted by molar-refractivity contribution is -0.263. The van der Waals surface area contributed by atoms with Crippen LogP contribution in [-0.4, -0.2) is 48.0 Å². The van der Waals surface area contributed by atoms with Crippen molar-refractivity contribution in [1.29, 1.82) is 0 Å². The summed E-state index contributed by atoms with van der Waals surface area (Å²) < 4.78 is 118. The molecule has 1 aliphatic rings. The topological polar surface area (TPSA) is 3.24 Å². The first-order valence-corrected chi connectivity index (χ1v) is 6.31. The number of rotatable bonds is 3. The van der Waals surface area contributed by atoms with Crippen LogP contribution in [0.4, 0.5) is 39.5 Å². The summed E-state index contributed by atoms with van der Waals surface area (Å²) >= 11 is 0. The van der Waals surface area contributed by atoms with Gasteiger partial charge in [-0.25, -0.2) is 13.2 Å². The average Bonchev–Trinajstić information content (AvgIpc) is 2.57. The highest BCUT2D eigenvalue weighted by Crippen LogP contribution is 2.44. The van der Waals surface area contributed by atoms with Crippen LogP contribution >= 0.6 is 0 Å². The Kier molecular flexibility index (Phi) is 5.16. The Bertz CT molecular complexity index is 404. The van der Waals surface area contributed by atoms with E-state index in [1.807, 2.05) is 0 Å². The molecule has 10 heteroatoms. The summed E-state index contributed by atoms with van der Waals surface area (Å²) in [6.07, 6.45) is -16.5. The number of nitrogens with zero attached hydrogens (tertiary/aromatic N) is 1. The molecule has 1 fully saturated rings. The van der Waals surface area contributed by atoms with Crippen molar-refractivity contribution in [3.8, 4) is 0 Å². The monoisotopic (exact) mass is 343 g/mol. The molecule has 3 atom stereocenters. The fraction of sp³-hybridized carbons (Fsp3) is 0.833. The normalized spacial score (nSPS) is 29.5. The highest BCUT2D eigenvalue weighted by Gasteiger charge is 2.64. The van der Waals surface area contributed by atoms with Crippen LogP contribution in [0.25, 0.3) is 0 Å². The molecular weight excluding hydrogens is 329 g/mol. The van der Waals surface area contributed by atoms with E-state index < -0.39 is 49.5 Å². The average molecular weight is 343 g/mol. The number of halogens is 9. The van der Waals surface area contributed by atoms with Gasteiger partial charge in [-0.05, 0) is 25.3 Å². The highest BCUT2D eigenvalue weighted by atomic mass is 19.4. The zero-order chi connectivity index (χ0) is 17.4. The SMILES string of the molecule is C=CC(F)(C(F)N1CCCCC(F)(C(F)(F)F)C1)C(F)(F)F. The Hall–Kier alpha value is -0.930. The van der Waals surface area contributed by atoms with Crippen LogP contribution < -0.4 is 0 Å². The molecule has 1 nitrogen and oxygen atoms in total. The summed E-state index contributed by atoms with van der Waals surface area (Å²) in [5.41, 5.74) is -8.47. The molecule has 1 saturated heterocycles. The van der Waals surface area contributed by atoms with Crippen molar-refractivity contribution in [2.24, 2.45) is 0 Å². The lowest BCUT2D eigenvalue weighted by atomic mass is 9.98. The summed E-state index contributed by atoms with van der Waals surface area (Å²) in [4.78, 5) is -0.102. The fourth-order valence-electron chi connectivity index (χ4n) is 2.24. The number of alkyl halides is 9. The molecule has 130 valence electrons. The maximum Gasteiger partial charge on any atom is 0.430 e. The number of likely N-dealkylation sites (tertiary alicyclic amines) is 1. The van der Waals surface area contributed by atoms with Crippen molar-refractivity contribution in [3.05, 3.63) is 12.7 Å². The molecule has 0 aliphatic carbocycles. The van der Waals surface area contributed by atoms with Gasteiger partial charge in [-0.15, -0.1) is 0 Å². The quantitative estimate of drug-likeness (QED) is 0.414. The third-order valence-corrected chi connectivity index (χ3v) is 3.63. The van der Waals surface area contributed by atoms with Gasteiger partial charge in [-0.2, -0.15) is 26.3 Å². The van der Waals surface area contributed by atoms with Gasteiger partial charge in [0.2, 0.25) is 12.0 Å². The van der Waals surface area contributed by atoms with E-state index in [4.69, 9.17) is 0 Å². The fourth-order valence-corrected chi connectivity index (χ4v) is 2.24. The van der Waals surface area contributed by atoms with Gasteiger partial charge in [0.25, 0.3) is 5.67 Å². The molecule has 1 heterocycles. The van der Waals surface area contributed by atoms with Crippen molar-refractivity contribution < 1.29 is 39.5 Å². The second kappa shape index (κ2) is 5.93. The molecule has 0 N–H and O–H groups in total. The molecule has 0 bridgehead atoms. The second-order valence-corrected chi connectivity index (χ2v) is 5.20. The van der Waals surface area contributed by atoms with Gasteiger partial charge < -0.3 is 0 Å². The number of hydrogen-bond acceptors (Lipinski definition) is 1. The van der Waals surface area contributed by atoms with Crippen molar-refractivity contribution in [1.82, 2.24) is 4.90 Å². The van der Waals surface area contributed by atoms with Gasteiger partial charge in [0, 0.05) is 13.1 Å². The van der Waals surface area contributed by atoms with Gasteiger partial charge in [-0.3, -0.25) is 4.90 Å². The Labute approximate surface area is 120 Å². The minimum atomic E-state index is -5.72. The highest BCUT2D eigenvalue weighted by molar-refractivity contribution is 5.08. The van der Waals surface area contributed by atoms with Crippen LogP contribution in [0.5, 0.6) is 0 Å². The van der Waals surface area contributed by atoms with Crippen LogP contribution in [0.2, 0.25) is 0 Å². The predicted octanol–water partition coefficient (Wildman–Crippen LogP) is 4.50. The van der Waals surface area contributed by atoms with E-state index in [-0.39, 0.29) is 23.8 Å². The van der Waals surface area contributed by atoms with Crippen molar-refractivity contribution >= 4 is 0 Å². The van der Waals surface area contributed by atoms with Gasteiger partial charge in [0.15, 0.2) is 0 Å². The molecule has 1 aliphatic heterocycles. The smallest absolute Gasteiger partial charge is 0.267 e. The largest absolute Gasteiger partial charge is 0.430 e. The molecular formula is C12H14F9N. The first-order chi connectivity index (χ1) is 9.78. The Morgan fingerprint density at radius 2 is 1.59 bits per heavy atom. The molecule has 0 aromatic carbocycles. The maximum atomic E-state index is 14.0.